The van der Waals surface area contributed by atoms with E-state index in [1.807, 2.05) is 33.3 Å². The average Bonchev–Trinajstić information content (AvgIpc) is 3.70. The number of allylic oxidation sites excluding steroid dienone is 9. The van der Waals surface area contributed by atoms with Crippen molar-refractivity contribution in [1.82, 2.24) is 5.32 Å². The Labute approximate surface area is 541 Å². The number of phosphoric ester groups is 1. The molecular weight excluding hydrogens is 1100 g/mol. The molecule has 0 rings (SSSR count). The first-order valence-corrected chi connectivity index (χ1v) is 39.1. The van der Waals surface area contributed by atoms with Crippen LogP contribution in [0.3, 0.4) is 0 Å². The highest BCUT2D eigenvalue weighted by molar-refractivity contribution is 7.45. The van der Waals surface area contributed by atoms with Crippen molar-refractivity contribution in [3.05, 3.63) is 60.8 Å². The normalized spacial score (nSPS) is 13.8. The fraction of sp³-hybridized carbons (Fsp3) is 0.844. The smallest absolute Gasteiger partial charge is 0.306 e. The van der Waals surface area contributed by atoms with Crippen molar-refractivity contribution >= 4 is 19.7 Å². The molecule has 0 spiro atoms. The summed E-state index contributed by atoms with van der Waals surface area (Å²) in [6.07, 6.45) is 86.4. The highest BCUT2D eigenvalue weighted by Crippen LogP contribution is 2.38. The van der Waals surface area contributed by atoms with Gasteiger partial charge in [-0.3, -0.25) is 14.2 Å². The zero-order valence-electron chi connectivity index (χ0n) is 58.5. The van der Waals surface area contributed by atoms with E-state index in [1.54, 1.807) is 0 Å². The van der Waals surface area contributed by atoms with Crippen LogP contribution in [0.5, 0.6) is 0 Å². The lowest BCUT2D eigenvalue weighted by molar-refractivity contribution is -0.870. The Bertz CT molecular complexity index is 1670. The molecule has 0 aliphatic carbocycles. The highest BCUT2D eigenvalue weighted by Gasteiger charge is 2.27. The molecule has 9 nitrogen and oxygen atoms in total. The van der Waals surface area contributed by atoms with E-state index in [4.69, 9.17) is 13.8 Å². The number of esters is 1. The molecule has 1 amide bonds. The summed E-state index contributed by atoms with van der Waals surface area (Å²) in [4.78, 5) is 40.2. The Morgan fingerprint density at radius 1 is 0.402 bits per heavy atom. The van der Waals surface area contributed by atoms with Crippen molar-refractivity contribution in [2.75, 3.05) is 40.9 Å². The first-order chi connectivity index (χ1) is 42.4. The number of rotatable bonds is 69. The summed E-state index contributed by atoms with van der Waals surface area (Å²) >= 11 is 0. The molecule has 0 saturated carbocycles. The third kappa shape index (κ3) is 67.9. The average molecular weight is 1240 g/mol. The number of carbonyl (C=O) groups excluding carboxylic acids is 2. The van der Waals surface area contributed by atoms with Gasteiger partial charge in [-0.2, -0.15) is 0 Å². The molecule has 10 heteroatoms. The maximum atomic E-state index is 13.6. The van der Waals surface area contributed by atoms with Crippen LogP contribution in [0, 0.1) is 0 Å². The molecular formula is C77H145N2O7P. The molecule has 510 valence electrons. The number of nitrogens with one attached hydrogen (secondary N) is 1. The standard InChI is InChI=1S/C77H145N2O7P/c1-7-10-13-16-19-22-25-27-29-31-33-35-37-39-41-43-45-47-49-51-54-57-60-63-66-69-76(80)78-74(73-85-87(82,83)84-72-71-79(4,5)6)75(68-65-62-59-56-53-24-21-18-15-12-9-3)86-77(81)70-67-64-61-58-55-52-50-48-46-44-42-40-38-36-34-32-30-28-26-23-20-17-14-11-8-2/h20,23,28,30,34,36,40,42,65,68,74-75H,7-19,21-22,24-27,29,31-33,35,37-39,41,43-64,66-67,69-73H2,1-6H3,(H-,78,80,82,83)/b23-20-,30-28-,36-34-,42-40-,68-65+. The highest BCUT2D eigenvalue weighted by atomic mass is 31.2. The third-order valence-electron chi connectivity index (χ3n) is 17.0. The maximum Gasteiger partial charge on any atom is 0.306 e. The number of quaternary nitrogens is 1. The molecule has 3 atom stereocenters. The monoisotopic (exact) mass is 1240 g/mol. The number of nitrogens with zero attached hydrogens (tertiary/aromatic N) is 1. The second-order valence-corrected chi connectivity index (χ2v) is 28.2. The summed E-state index contributed by atoms with van der Waals surface area (Å²) in [5, 5.41) is 3.05. The number of ether oxygens (including phenoxy) is 1. The van der Waals surface area contributed by atoms with E-state index in [-0.39, 0.29) is 31.5 Å². The van der Waals surface area contributed by atoms with E-state index in [9.17, 15) is 19.0 Å². The minimum Gasteiger partial charge on any atom is -0.756 e. The van der Waals surface area contributed by atoms with Crippen LogP contribution in [-0.2, 0) is 27.9 Å². The van der Waals surface area contributed by atoms with Crippen LogP contribution in [-0.4, -0.2) is 69.4 Å². The summed E-state index contributed by atoms with van der Waals surface area (Å²) < 4.78 is 30.5. The Morgan fingerprint density at radius 3 is 1.07 bits per heavy atom. The number of carbonyl (C=O) groups is 2. The molecule has 0 aromatic carbocycles. The third-order valence-corrected chi connectivity index (χ3v) is 17.9. The Kier molecular flexibility index (Phi) is 64.9. The van der Waals surface area contributed by atoms with Crippen molar-refractivity contribution in [2.24, 2.45) is 0 Å². The number of unbranched alkanes of at least 4 members (excludes halogenated alkanes) is 45. The summed E-state index contributed by atoms with van der Waals surface area (Å²) in [6.45, 7) is 6.86. The maximum absolute atomic E-state index is 13.6. The van der Waals surface area contributed by atoms with E-state index in [0.29, 0.717) is 17.4 Å². The van der Waals surface area contributed by atoms with Crippen LogP contribution in [0.2, 0.25) is 0 Å². The molecule has 0 saturated heterocycles. The Hall–Kier alpha value is -2.29. The zero-order chi connectivity index (χ0) is 63.5. The van der Waals surface area contributed by atoms with E-state index in [1.165, 1.54) is 244 Å². The van der Waals surface area contributed by atoms with Crippen LogP contribution >= 0.6 is 7.82 Å². The van der Waals surface area contributed by atoms with Crippen molar-refractivity contribution in [3.8, 4) is 0 Å². The number of amides is 1. The lowest BCUT2D eigenvalue weighted by Crippen LogP contribution is -2.47. The van der Waals surface area contributed by atoms with Crippen LogP contribution < -0.4 is 10.2 Å². The molecule has 0 aromatic heterocycles. The van der Waals surface area contributed by atoms with E-state index in [0.717, 1.165) is 89.9 Å². The van der Waals surface area contributed by atoms with Crippen LogP contribution in [0.15, 0.2) is 60.8 Å². The first kappa shape index (κ1) is 84.7. The van der Waals surface area contributed by atoms with Gasteiger partial charge in [-0.05, 0) is 76.7 Å². The van der Waals surface area contributed by atoms with Gasteiger partial charge in [0, 0.05) is 12.8 Å². The molecule has 0 heterocycles. The van der Waals surface area contributed by atoms with E-state index >= 15 is 0 Å². The SMILES string of the molecule is CCCCC/C=C\C/C=C\C/C=C\C/C=C\CCCCCCCCCCCC(=O)OC(/C=C/CCCCCCCCCCC)C(COP(=O)([O-])OCC[N+](C)(C)C)NC(=O)CCCCCCCCCCCCCCCCCCCCCCCCCCC. The second kappa shape index (κ2) is 66.6. The summed E-state index contributed by atoms with van der Waals surface area (Å²) in [7, 11) is 1.19. The van der Waals surface area contributed by atoms with Gasteiger partial charge in [-0.1, -0.05) is 339 Å². The zero-order valence-corrected chi connectivity index (χ0v) is 59.4. The van der Waals surface area contributed by atoms with Crippen molar-refractivity contribution in [2.45, 2.75) is 380 Å². The molecule has 87 heavy (non-hydrogen) atoms. The van der Waals surface area contributed by atoms with Crippen molar-refractivity contribution < 1.29 is 37.3 Å². The minimum atomic E-state index is -4.71. The van der Waals surface area contributed by atoms with E-state index in [2.05, 4.69) is 74.7 Å². The van der Waals surface area contributed by atoms with Gasteiger partial charge < -0.3 is 28.5 Å². The quantitative estimate of drug-likeness (QED) is 0.0212. The summed E-state index contributed by atoms with van der Waals surface area (Å²) in [5.41, 5.74) is 0. The van der Waals surface area contributed by atoms with Gasteiger partial charge in [0.05, 0.1) is 33.8 Å². The molecule has 0 fully saturated rings. The van der Waals surface area contributed by atoms with Crippen molar-refractivity contribution in [1.29, 1.82) is 0 Å². The van der Waals surface area contributed by atoms with Gasteiger partial charge in [0.2, 0.25) is 5.91 Å². The summed E-state index contributed by atoms with van der Waals surface area (Å²) in [5.74, 6) is -0.532. The van der Waals surface area contributed by atoms with Crippen LogP contribution in [0.4, 0.5) is 0 Å². The second-order valence-electron chi connectivity index (χ2n) is 26.8. The summed E-state index contributed by atoms with van der Waals surface area (Å²) in [6, 6.07) is -0.891. The molecule has 0 aliphatic rings. The number of hydrogen-bond acceptors (Lipinski definition) is 7. The van der Waals surface area contributed by atoms with Gasteiger partial charge in [0.15, 0.2) is 0 Å². The molecule has 0 aliphatic heterocycles. The predicted octanol–water partition coefficient (Wildman–Crippen LogP) is 23.5. The van der Waals surface area contributed by atoms with Crippen LogP contribution in [0.25, 0.3) is 0 Å². The number of phosphoric acid groups is 1. The largest absolute Gasteiger partial charge is 0.756 e. The van der Waals surface area contributed by atoms with Crippen molar-refractivity contribution in [3.63, 3.8) is 0 Å². The molecule has 3 unspecified atom stereocenters. The topological polar surface area (TPSA) is 114 Å². The van der Waals surface area contributed by atoms with Gasteiger partial charge in [-0.15, -0.1) is 0 Å². The molecule has 0 aromatic rings. The molecule has 0 bridgehead atoms. The fourth-order valence-corrected chi connectivity index (χ4v) is 11.9. The van der Waals surface area contributed by atoms with Gasteiger partial charge >= 0.3 is 5.97 Å². The lowest BCUT2D eigenvalue weighted by Gasteiger charge is -2.30. The van der Waals surface area contributed by atoms with Gasteiger partial charge in [0.25, 0.3) is 7.82 Å². The minimum absolute atomic E-state index is 0.0225. The number of likely N-dealkylation sites (N-methyl/N-ethyl adjacent to an activating group) is 1. The molecule has 1 N–H and O–H groups in total. The van der Waals surface area contributed by atoms with Gasteiger partial charge in [-0.25, -0.2) is 0 Å². The predicted molar refractivity (Wildman–Crippen MR) is 376 cm³/mol. The van der Waals surface area contributed by atoms with Crippen LogP contribution in [0.1, 0.15) is 367 Å². The van der Waals surface area contributed by atoms with Gasteiger partial charge in [0.1, 0.15) is 19.3 Å². The number of hydrogen-bond donors (Lipinski definition) is 1. The fourth-order valence-electron chi connectivity index (χ4n) is 11.2. The van der Waals surface area contributed by atoms with E-state index < -0.39 is 20.0 Å². The first-order valence-electron chi connectivity index (χ1n) is 37.6. The Balaban J connectivity index is 4.95. The molecule has 0 radical (unpaired) electrons. The Morgan fingerprint density at radius 2 is 0.701 bits per heavy atom. The lowest BCUT2D eigenvalue weighted by atomic mass is 10.0.